The second-order valence-corrected chi connectivity index (χ2v) is 7.46. The summed E-state index contributed by atoms with van der Waals surface area (Å²) in [4.78, 5) is 13.5. The molecule has 7 heteroatoms. The van der Waals surface area contributed by atoms with Crippen molar-refractivity contribution in [2.75, 3.05) is 19.0 Å². The fraction of sp³-hybridized carbons (Fsp3) is 0.238. The summed E-state index contributed by atoms with van der Waals surface area (Å²) < 4.78 is 16.6. The lowest BCUT2D eigenvalue weighted by atomic mass is 10.1. The van der Waals surface area contributed by atoms with E-state index in [2.05, 4.69) is 17.4 Å². The number of hydrogen-bond acceptors (Lipinski definition) is 6. The second kappa shape index (κ2) is 8.39. The maximum Gasteiger partial charge on any atom is 0.252 e. The Morgan fingerprint density at radius 2 is 1.93 bits per heavy atom. The normalized spacial score (nSPS) is 12.6. The molecule has 0 spiro atoms. The second-order valence-electron chi connectivity index (χ2n) is 6.15. The van der Waals surface area contributed by atoms with E-state index in [0.717, 1.165) is 22.0 Å². The molecule has 2 aromatic carbocycles. The summed E-state index contributed by atoms with van der Waals surface area (Å²) in [5, 5.41) is 6.97. The average Bonchev–Trinajstić information content (AvgIpc) is 3.21. The van der Waals surface area contributed by atoms with E-state index in [1.165, 1.54) is 0 Å². The van der Waals surface area contributed by atoms with Gasteiger partial charge in [-0.3, -0.25) is 4.79 Å². The minimum Gasteiger partial charge on any atom is -0.486 e. The van der Waals surface area contributed by atoms with Crippen molar-refractivity contribution in [2.45, 2.75) is 18.4 Å². The molecule has 0 bridgehead atoms. The third-order valence-electron chi connectivity index (χ3n) is 4.25. The highest BCUT2D eigenvalue weighted by molar-refractivity contribution is 7.99. The SMILES string of the molecule is CCSc1ccccc1C(=O)NCc1cc(-c2ccc3c(c2)OCCO3)on1. The van der Waals surface area contributed by atoms with Gasteiger partial charge in [-0.05, 0) is 36.1 Å². The molecule has 1 aliphatic heterocycles. The van der Waals surface area contributed by atoms with Crippen molar-refractivity contribution in [1.82, 2.24) is 10.5 Å². The molecule has 1 aromatic heterocycles. The number of carbonyl (C=O) groups excluding carboxylic acids is 1. The van der Waals surface area contributed by atoms with Crippen molar-refractivity contribution in [3.05, 3.63) is 59.8 Å². The Balaban J connectivity index is 1.43. The van der Waals surface area contributed by atoms with Crippen molar-refractivity contribution >= 4 is 17.7 Å². The summed E-state index contributed by atoms with van der Waals surface area (Å²) in [6.45, 7) is 3.44. The number of carbonyl (C=O) groups is 1. The summed E-state index contributed by atoms with van der Waals surface area (Å²) in [6.07, 6.45) is 0. The lowest BCUT2D eigenvalue weighted by Crippen LogP contribution is -2.23. The van der Waals surface area contributed by atoms with Crippen LogP contribution >= 0.6 is 11.8 Å². The number of aromatic nitrogens is 1. The predicted molar refractivity (Wildman–Crippen MR) is 107 cm³/mol. The molecule has 0 saturated heterocycles. The van der Waals surface area contributed by atoms with Gasteiger partial charge in [0.1, 0.15) is 18.9 Å². The van der Waals surface area contributed by atoms with Gasteiger partial charge in [0.05, 0.1) is 12.1 Å². The van der Waals surface area contributed by atoms with Crippen LogP contribution in [0.1, 0.15) is 23.0 Å². The molecular formula is C21H20N2O4S. The summed E-state index contributed by atoms with van der Waals surface area (Å²) in [5.41, 5.74) is 2.17. The van der Waals surface area contributed by atoms with E-state index in [1.807, 2.05) is 48.5 Å². The Hall–Kier alpha value is -2.93. The molecule has 0 atom stereocenters. The predicted octanol–water partition coefficient (Wildman–Crippen LogP) is 4.15. The first-order chi connectivity index (χ1) is 13.7. The number of rotatable bonds is 6. The fourth-order valence-corrected chi connectivity index (χ4v) is 3.73. The van der Waals surface area contributed by atoms with E-state index in [1.54, 1.807) is 11.8 Å². The number of nitrogens with zero attached hydrogens (tertiary/aromatic N) is 1. The van der Waals surface area contributed by atoms with Crippen LogP contribution in [-0.4, -0.2) is 30.0 Å². The first-order valence-corrected chi connectivity index (χ1v) is 10.1. The van der Waals surface area contributed by atoms with Crippen LogP contribution < -0.4 is 14.8 Å². The van der Waals surface area contributed by atoms with Gasteiger partial charge in [0, 0.05) is 16.5 Å². The van der Waals surface area contributed by atoms with Crippen LogP contribution in [0.5, 0.6) is 11.5 Å². The highest BCUT2D eigenvalue weighted by Gasteiger charge is 2.16. The molecule has 144 valence electrons. The summed E-state index contributed by atoms with van der Waals surface area (Å²) in [7, 11) is 0. The molecule has 4 rings (SSSR count). The smallest absolute Gasteiger partial charge is 0.252 e. The van der Waals surface area contributed by atoms with Crippen molar-refractivity contribution in [1.29, 1.82) is 0 Å². The van der Waals surface area contributed by atoms with Crippen LogP contribution in [0.4, 0.5) is 0 Å². The minimum absolute atomic E-state index is 0.125. The number of amides is 1. The van der Waals surface area contributed by atoms with Crippen LogP contribution in [0.2, 0.25) is 0 Å². The zero-order valence-corrected chi connectivity index (χ0v) is 16.3. The van der Waals surface area contributed by atoms with Crippen LogP contribution in [-0.2, 0) is 6.54 Å². The number of thioether (sulfide) groups is 1. The van der Waals surface area contributed by atoms with Gasteiger partial charge in [-0.1, -0.05) is 24.2 Å². The van der Waals surface area contributed by atoms with Crippen molar-refractivity contribution < 1.29 is 18.8 Å². The van der Waals surface area contributed by atoms with Gasteiger partial charge in [-0.25, -0.2) is 0 Å². The zero-order valence-electron chi connectivity index (χ0n) is 15.4. The highest BCUT2D eigenvalue weighted by atomic mass is 32.2. The number of ether oxygens (including phenoxy) is 2. The molecule has 3 aromatic rings. The molecule has 1 aliphatic rings. The third kappa shape index (κ3) is 3.99. The lowest BCUT2D eigenvalue weighted by molar-refractivity contribution is 0.0947. The number of nitrogens with one attached hydrogen (secondary N) is 1. The first-order valence-electron chi connectivity index (χ1n) is 9.10. The molecular weight excluding hydrogens is 376 g/mol. The third-order valence-corrected chi connectivity index (χ3v) is 5.20. The molecule has 0 unspecified atom stereocenters. The largest absolute Gasteiger partial charge is 0.486 e. The number of fused-ring (bicyclic) bond motifs is 1. The molecule has 0 saturated carbocycles. The fourth-order valence-electron chi connectivity index (χ4n) is 2.93. The van der Waals surface area contributed by atoms with Gasteiger partial charge in [-0.15, -0.1) is 11.8 Å². The van der Waals surface area contributed by atoms with E-state index >= 15 is 0 Å². The van der Waals surface area contributed by atoms with Crippen molar-refractivity contribution in [3.63, 3.8) is 0 Å². The molecule has 28 heavy (non-hydrogen) atoms. The van der Waals surface area contributed by atoms with Gasteiger partial charge in [0.15, 0.2) is 17.3 Å². The number of hydrogen-bond donors (Lipinski definition) is 1. The van der Waals surface area contributed by atoms with Gasteiger partial charge in [-0.2, -0.15) is 0 Å². The molecule has 0 aliphatic carbocycles. The average molecular weight is 396 g/mol. The molecule has 1 N–H and O–H groups in total. The topological polar surface area (TPSA) is 73.6 Å². The molecule has 2 heterocycles. The minimum atomic E-state index is -0.125. The monoisotopic (exact) mass is 396 g/mol. The van der Waals surface area contributed by atoms with Gasteiger partial charge in [0.2, 0.25) is 0 Å². The zero-order chi connectivity index (χ0) is 19.3. The Morgan fingerprint density at radius 3 is 2.79 bits per heavy atom. The Kier molecular flexibility index (Phi) is 5.53. The summed E-state index contributed by atoms with van der Waals surface area (Å²) >= 11 is 1.65. The van der Waals surface area contributed by atoms with Gasteiger partial charge in [0.25, 0.3) is 5.91 Å². The van der Waals surface area contributed by atoms with E-state index in [9.17, 15) is 4.79 Å². The van der Waals surface area contributed by atoms with E-state index < -0.39 is 0 Å². The lowest BCUT2D eigenvalue weighted by Gasteiger charge is -2.18. The van der Waals surface area contributed by atoms with Crippen LogP contribution in [0.3, 0.4) is 0 Å². The van der Waals surface area contributed by atoms with Crippen LogP contribution in [0, 0.1) is 0 Å². The highest BCUT2D eigenvalue weighted by Crippen LogP contribution is 2.34. The Morgan fingerprint density at radius 1 is 1.11 bits per heavy atom. The van der Waals surface area contributed by atoms with Crippen LogP contribution in [0.25, 0.3) is 11.3 Å². The van der Waals surface area contributed by atoms with Gasteiger partial charge >= 0.3 is 0 Å². The van der Waals surface area contributed by atoms with E-state index in [4.69, 9.17) is 14.0 Å². The Labute approximate surface area is 167 Å². The summed E-state index contributed by atoms with van der Waals surface area (Å²) in [5.74, 6) is 2.82. The van der Waals surface area contributed by atoms with E-state index in [-0.39, 0.29) is 12.5 Å². The quantitative estimate of drug-likeness (QED) is 0.631. The molecule has 6 nitrogen and oxygen atoms in total. The van der Waals surface area contributed by atoms with Gasteiger partial charge < -0.3 is 19.3 Å². The molecule has 0 fully saturated rings. The summed E-state index contributed by atoms with van der Waals surface area (Å²) in [6, 6.07) is 15.0. The van der Waals surface area contributed by atoms with Crippen LogP contribution in [0.15, 0.2) is 57.9 Å². The maximum atomic E-state index is 12.5. The molecule has 0 radical (unpaired) electrons. The van der Waals surface area contributed by atoms with Crippen molar-refractivity contribution in [3.8, 4) is 22.8 Å². The Bertz CT molecular complexity index is 986. The maximum absolute atomic E-state index is 12.5. The van der Waals surface area contributed by atoms with E-state index in [0.29, 0.717) is 36.0 Å². The van der Waals surface area contributed by atoms with Crippen molar-refractivity contribution in [2.24, 2.45) is 0 Å². The number of benzene rings is 2. The first kappa shape index (κ1) is 18.4. The standard InChI is InChI=1S/C21H20N2O4S/c1-2-28-20-6-4-3-5-16(20)21(24)22-13-15-12-18(27-23-15)14-7-8-17-19(11-14)26-10-9-25-17/h3-8,11-12H,2,9-10,13H2,1H3,(H,22,24). The molecule has 1 amide bonds.